The molecule has 1 aliphatic rings. The van der Waals surface area contributed by atoms with Crippen molar-refractivity contribution in [3.05, 3.63) is 41.5 Å². The first kappa shape index (κ1) is 13.8. The van der Waals surface area contributed by atoms with E-state index in [4.69, 9.17) is 9.26 Å². The molecule has 0 amide bonds. The van der Waals surface area contributed by atoms with Crippen LogP contribution in [0.4, 0.5) is 0 Å². The molecule has 0 radical (unpaired) electrons. The summed E-state index contributed by atoms with van der Waals surface area (Å²) in [4.78, 5) is 16.1. The zero-order valence-electron chi connectivity index (χ0n) is 12.2. The van der Waals surface area contributed by atoms with Crippen molar-refractivity contribution in [2.75, 3.05) is 6.61 Å². The summed E-state index contributed by atoms with van der Waals surface area (Å²) in [5, 5.41) is 4.01. The maximum Gasteiger partial charge on any atom is 0.234 e. The summed E-state index contributed by atoms with van der Waals surface area (Å²) in [7, 11) is 0. The van der Waals surface area contributed by atoms with E-state index in [0.29, 0.717) is 18.3 Å². The van der Waals surface area contributed by atoms with Crippen molar-refractivity contribution in [3.63, 3.8) is 0 Å². The quantitative estimate of drug-likeness (QED) is 0.864. The third-order valence-corrected chi connectivity index (χ3v) is 3.70. The van der Waals surface area contributed by atoms with Gasteiger partial charge >= 0.3 is 0 Å². The fourth-order valence-corrected chi connectivity index (χ4v) is 2.35. The monoisotopic (exact) mass is 286 g/mol. The largest absolute Gasteiger partial charge is 0.493 e. The van der Waals surface area contributed by atoms with E-state index < -0.39 is 0 Å². The molecule has 1 aromatic carbocycles. The molecule has 110 valence electrons. The van der Waals surface area contributed by atoms with Gasteiger partial charge in [0.2, 0.25) is 5.89 Å². The van der Waals surface area contributed by atoms with Crippen molar-refractivity contribution in [2.45, 2.75) is 32.6 Å². The first-order valence-corrected chi connectivity index (χ1v) is 7.19. The van der Waals surface area contributed by atoms with Crippen molar-refractivity contribution in [1.82, 2.24) is 10.1 Å². The molecule has 5 heteroatoms. The number of hydrogen-bond acceptors (Lipinski definition) is 5. The maximum atomic E-state index is 11.7. The smallest absolute Gasteiger partial charge is 0.234 e. The van der Waals surface area contributed by atoms with E-state index in [1.54, 1.807) is 0 Å². The average molecular weight is 286 g/mol. The highest BCUT2D eigenvalue weighted by atomic mass is 16.5. The summed E-state index contributed by atoms with van der Waals surface area (Å²) in [6.07, 6.45) is 1.03. The number of aromatic nitrogens is 2. The first-order valence-electron chi connectivity index (χ1n) is 7.19. The number of carbonyl (C=O) groups is 1. The Kier molecular flexibility index (Phi) is 3.73. The van der Waals surface area contributed by atoms with Crippen molar-refractivity contribution in [1.29, 1.82) is 0 Å². The summed E-state index contributed by atoms with van der Waals surface area (Å²) < 4.78 is 10.9. The fourth-order valence-electron chi connectivity index (χ4n) is 2.35. The Bertz CT molecular complexity index is 648. The van der Waals surface area contributed by atoms with Crippen LogP contribution in [0.15, 0.2) is 28.8 Å². The zero-order chi connectivity index (χ0) is 14.8. The number of ketones is 1. The molecule has 5 nitrogen and oxygen atoms in total. The van der Waals surface area contributed by atoms with Gasteiger partial charge in [0.15, 0.2) is 5.82 Å². The first-order chi connectivity index (χ1) is 10.1. The molecular weight excluding hydrogens is 268 g/mol. The van der Waals surface area contributed by atoms with E-state index in [0.717, 1.165) is 17.7 Å². The second-order valence-corrected chi connectivity index (χ2v) is 5.66. The molecule has 0 fully saturated rings. The van der Waals surface area contributed by atoms with Crippen molar-refractivity contribution in [2.24, 2.45) is 5.92 Å². The van der Waals surface area contributed by atoms with E-state index in [9.17, 15) is 4.79 Å². The van der Waals surface area contributed by atoms with Crippen LogP contribution in [0.25, 0.3) is 0 Å². The topological polar surface area (TPSA) is 65.2 Å². The fraction of sp³-hybridized carbons (Fsp3) is 0.438. The minimum Gasteiger partial charge on any atom is -0.493 e. The van der Waals surface area contributed by atoms with Crippen LogP contribution in [-0.4, -0.2) is 22.5 Å². The van der Waals surface area contributed by atoms with Gasteiger partial charge in [0.1, 0.15) is 11.5 Å². The molecule has 2 aromatic rings. The van der Waals surface area contributed by atoms with Crippen LogP contribution in [0.5, 0.6) is 5.75 Å². The second-order valence-electron chi connectivity index (χ2n) is 5.66. The Morgan fingerprint density at radius 1 is 1.38 bits per heavy atom. The normalized spacial score (nSPS) is 17.4. The minimum absolute atomic E-state index is 0.0229. The molecule has 1 aliphatic heterocycles. The summed E-state index contributed by atoms with van der Waals surface area (Å²) in [6, 6.07) is 7.97. The van der Waals surface area contributed by atoms with Crippen molar-refractivity contribution in [3.8, 4) is 5.75 Å². The Labute approximate surface area is 123 Å². The van der Waals surface area contributed by atoms with Crippen LogP contribution in [0.2, 0.25) is 0 Å². The summed E-state index contributed by atoms with van der Waals surface area (Å²) >= 11 is 0. The van der Waals surface area contributed by atoms with Crippen LogP contribution in [0.3, 0.4) is 0 Å². The van der Waals surface area contributed by atoms with Gasteiger partial charge < -0.3 is 9.26 Å². The lowest BCUT2D eigenvalue weighted by molar-refractivity contribution is -0.121. The number of benzene rings is 1. The molecule has 0 bridgehead atoms. The number of fused-ring (bicyclic) bond motifs is 1. The number of hydrogen-bond donors (Lipinski definition) is 0. The van der Waals surface area contributed by atoms with Gasteiger partial charge in [-0.05, 0) is 18.1 Å². The predicted molar refractivity (Wildman–Crippen MR) is 76.2 cm³/mol. The SMILES string of the molecule is CC(C)C(=O)Cc1nc(C2COc3ccccc3C2)no1. The molecule has 0 spiro atoms. The number of Topliss-reactive ketones (excluding diaryl/α,β-unsaturated/α-hetero) is 1. The molecule has 0 saturated heterocycles. The van der Waals surface area contributed by atoms with Gasteiger partial charge in [-0.3, -0.25) is 4.79 Å². The zero-order valence-corrected chi connectivity index (χ0v) is 12.2. The van der Waals surface area contributed by atoms with Gasteiger partial charge in [-0.25, -0.2) is 0 Å². The highest BCUT2D eigenvalue weighted by Gasteiger charge is 2.25. The van der Waals surface area contributed by atoms with Crippen molar-refractivity contribution < 1.29 is 14.1 Å². The van der Waals surface area contributed by atoms with E-state index >= 15 is 0 Å². The molecule has 21 heavy (non-hydrogen) atoms. The molecule has 0 N–H and O–H groups in total. The molecule has 1 atom stereocenters. The number of nitrogens with zero attached hydrogens (tertiary/aromatic N) is 2. The highest BCUT2D eigenvalue weighted by molar-refractivity contribution is 5.81. The molecule has 0 saturated carbocycles. The van der Waals surface area contributed by atoms with Crippen LogP contribution < -0.4 is 4.74 Å². The predicted octanol–water partition coefficient (Wildman–Crippen LogP) is 2.56. The van der Waals surface area contributed by atoms with Crippen LogP contribution in [-0.2, 0) is 17.6 Å². The number of para-hydroxylation sites is 1. The molecule has 1 unspecified atom stereocenters. The number of rotatable bonds is 4. The van der Waals surface area contributed by atoms with Gasteiger partial charge in [-0.15, -0.1) is 0 Å². The lowest BCUT2D eigenvalue weighted by Gasteiger charge is -2.22. The Balaban J connectivity index is 1.72. The Morgan fingerprint density at radius 3 is 3.00 bits per heavy atom. The molecule has 1 aromatic heterocycles. The molecule has 2 heterocycles. The standard InChI is InChI=1S/C16H18N2O3/c1-10(2)13(19)8-15-17-16(18-21-15)12-7-11-5-3-4-6-14(11)20-9-12/h3-6,10,12H,7-9H2,1-2H3. The van der Waals surface area contributed by atoms with Gasteiger partial charge in [0.05, 0.1) is 18.9 Å². The lowest BCUT2D eigenvalue weighted by atomic mass is 9.96. The number of carbonyl (C=O) groups excluding carboxylic acids is 1. The van der Waals surface area contributed by atoms with Crippen molar-refractivity contribution >= 4 is 5.78 Å². The van der Waals surface area contributed by atoms with E-state index in [2.05, 4.69) is 10.1 Å². The molecule has 0 aliphatic carbocycles. The third-order valence-electron chi connectivity index (χ3n) is 3.70. The van der Waals surface area contributed by atoms with Crippen LogP contribution in [0, 0.1) is 5.92 Å². The number of ether oxygens (including phenoxy) is 1. The highest BCUT2D eigenvalue weighted by Crippen LogP contribution is 2.30. The average Bonchev–Trinajstić information content (AvgIpc) is 2.95. The Morgan fingerprint density at radius 2 is 2.19 bits per heavy atom. The molecule has 3 rings (SSSR count). The second kappa shape index (κ2) is 5.68. The third kappa shape index (κ3) is 2.96. The minimum atomic E-state index is -0.0229. The van der Waals surface area contributed by atoms with Gasteiger partial charge in [-0.1, -0.05) is 37.2 Å². The van der Waals surface area contributed by atoms with E-state index in [1.165, 1.54) is 0 Å². The summed E-state index contributed by atoms with van der Waals surface area (Å²) in [5.41, 5.74) is 1.15. The van der Waals surface area contributed by atoms with Gasteiger partial charge in [0, 0.05) is 5.92 Å². The Hall–Kier alpha value is -2.17. The van der Waals surface area contributed by atoms with E-state index in [1.807, 2.05) is 38.1 Å². The maximum absolute atomic E-state index is 11.7. The van der Waals surface area contributed by atoms with Gasteiger partial charge in [-0.2, -0.15) is 4.98 Å². The van der Waals surface area contributed by atoms with Crippen LogP contribution in [0.1, 0.15) is 37.0 Å². The van der Waals surface area contributed by atoms with Crippen LogP contribution >= 0.6 is 0 Å². The van der Waals surface area contributed by atoms with E-state index in [-0.39, 0.29) is 24.0 Å². The summed E-state index contributed by atoms with van der Waals surface area (Å²) in [6.45, 7) is 4.27. The lowest BCUT2D eigenvalue weighted by Crippen LogP contribution is -2.20. The molecular formula is C16H18N2O3. The van der Waals surface area contributed by atoms with Gasteiger partial charge in [0.25, 0.3) is 0 Å². The summed E-state index contributed by atoms with van der Waals surface area (Å²) in [5.74, 6) is 2.10.